The summed E-state index contributed by atoms with van der Waals surface area (Å²) in [7, 11) is 0. The van der Waals surface area contributed by atoms with Crippen LogP contribution in [0.3, 0.4) is 0 Å². The molecule has 2 atom stereocenters. The second-order valence-electron chi connectivity index (χ2n) is 10.9. The van der Waals surface area contributed by atoms with Gasteiger partial charge in [0, 0.05) is 38.8 Å². The van der Waals surface area contributed by atoms with E-state index in [1.54, 1.807) is 37.3 Å². The Bertz CT molecular complexity index is 1480. The van der Waals surface area contributed by atoms with Crippen molar-refractivity contribution in [1.82, 2.24) is 35.1 Å². The number of rotatable bonds is 13. The van der Waals surface area contributed by atoms with Crippen molar-refractivity contribution in [3.8, 4) is 11.6 Å². The first-order valence-corrected chi connectivity index (χ1v) is 15.3. The van der Waals surface area contributed by atoms with Gasteiger partial charge in [-0.2, -0.15) is 5.10 Å². The van der Waals surface area contributed by atoms with E-state index >= 15 is 0 Å². The fraction of sp³-hybridized carbons (Fsp3) is 0.500. The summed E-state index contributed by atoms with van der Waals surface area (Å²) in [6, 6.07) is 7.26. The molecule has 0 aliphatic carbocycles. The Morgan fingerprint density at radius 1 is 1.02 bits per heavy atom. The molecule has 5 amide bonds. The molecule has 2 aromatic rings. The van der Waals surface area contributed by atoms with Crippen LogP contribution in [0.15, 0.2) is 36.4 Å². The van der Waals surface area contributed by atoms with Crippen LogP contribution in [-0.4, -0.2) is 136 Å². The van der Waals surface area contributed by atoms with Crippen molar-refractivity contribution in [2.75, 3.05) is 52.5 Å². The number of halogens is 2. The predicted molar refractivity (Wildman–Crippen MR) is 161 cm³/mol. The molecule has 0 saturated carbocycles. The van der Waals surface area contributed by atoms with Gasteiger partial charge in [-0.25, -0.2) is 18.3 Å². The molecule has 2 aliphatic heterocycles. The normalized spacial score (nSPS) is 16.8. The number of para-hydroxylation sites is 1. The van der Waals surface area contributed by atoms with Gasteiger partial charge in [0.05, 0.1) is 25.3 Å². The maximum absolute atomic E-state index is 13.4. The van der Waals surface area contributed by atoms with Gasteiger partial charge in [-0.05, 0) is 31.9 Å². The van der Waals surface area contributed by atoms with E-state index in [2.05, 4.69) is 15.7 Å². The third kappa shape index (κ3) is 9.16. The zero-order valence-corrected chi connectivity index (χ0v) is 26.2. The monoisotopic (exact) mass is 677 g/mol. The minimum Gasteiger partial charge on any atom is -0.481 e. The minimum atomic E-state index is -2.74. The van der Waals surface area contributed by atoms with Crippen molar-refractivity contribution in [1.29, 1.82) is 0 Å². The summed E-state index contributed by atoms with van der Waals surface area (Å²) in [5.41, 5.74) is 0.198. The number of amides is 5. The molecule has 1 aromatic carbocycles. The second-order valence-corrected chi connectivity index (χ2v) is 10.9. The molecule has 260 valence electrons. The van der Waals surface area contributed by atoms with Gasteiger partial charge >= 0.3 is 12.1 Å². The lowest BCUT2D eigenvalue weighted by Gasteiger charge is -2.35. The van der Waals surface area contributed by atoms with Gasteiger partial charge in [-0.3, -0.25) is 24.0 Å². The third-order valence-corrected chi connectivity index (χ3v) is 7.66. The quantitative estimate of drug-likeness (QED) is 0.269. The molecule has 18 heteroatoms. The van der Waals surface area contributed by atoms with Crippen LogP contribution in [0, 0.1) is 0 Å². The molecule has 1 aromatic heterocycles. The number of aromatic nitrogens is 2. The number of piperazine rings is 1. The molecule has 0 radical (unpaired) electrons. The van der Waals surface area contributed by atoms with Gasteiger partial charge < -0.3 is 39.9 Å². The minimum absolute atomic E-state index is 0.0474. The summed E-state index contributed by atoms with van der Waals surface area (Å²) < 4.78 is 37.1. The third-order valence-electron chi connectivity index (χ3n) is 7.66. The number of hydrogen-bond acceptors (Lipinski definition) is 9. The van der Waals surface area contributed by atoms with Crippen molar-refractivity contribution >= 4 is 35.7 Å². The van der Waals surface area contributed by atoms with Gasteiger partial charge in [0.25, 0.3) is 18.2 Å². The van der Waals surface area contributed by atoms with E-state index in [4.69, 9.17) is 9.47 Å². The molecular formula is C30H37F2N7O9. The number of likely N-dealkylation sites (tertiary alicyclic amines) is 1. The lowest BCUT2D eigenvalue weighted by molar-refractivity contribution is -0.143. The molecule has 4 rings (SSSR count). The first-order valence-electron chi connectivity index (χ1n) is 15.3. The number of carboxylic acid groups (broad SMARTS) is 1. The highest BCUT2D eigenvalue weighted by Crippen LogP contribution is 2.22. The molecule has 16 nitrogen and oxygen atoms in total. The summed E-state index contributed by atoms with van der Waals surface area (Å²) in [5, 5.41) is 18.3. The number of alkyl halides is 2. The highest BCUT2D eigenvalue weighted by Gasteiger charge is 2.35. The van der Waals surface area contributed by atoms with Crippen molar-refractivity contribution < 1.29 is 52.1 Å². The smallest absolute Gasteiger partial charge is 0.409 e. The summed E-state index contributed by atoms with van der Waals surface area (Å²) in [4.78, 5) is 79.8. The molecule has 2 aliphatic rings. The van der Waals surface area contributed by atoms with E-state index in [0.29, 0.717) is 18.5 Å². The molecule has 3 heterocycles. The second kappa shape index (κ2) is 16.5. The number of carbonyl (C=O) groups is 6. The van der Waals surface area contributed by atoms with Crippen molar-refractivity contribution in [2.45, 2.75) is 44.7 Å². The fourth-order valence-corrected chi connectivity index (χ4v) is 5.34. The Morgan fingerprint density at radius 2 is 1.71 bits per heavy atom. The number of benzene rings is 1. The lowest BCUT2D eigenvalue weighted by atomic mass is 10.1. The van der Waals surface area contributed by atoms with Gasteiger partial charge in [-0.15, -0.1) is 0 Å². The van der Waals surface area contributed by atoms with E-state index in [0.717, 1.165) is 0 Å². The Labute approximate surface area is 273 Å². The van der Waals surface area contributed by atoms with Crippen LogP contribution in [0.4, 0.5) is 13.6 Å². The van der Waals surface area contributed by atoms with Gasteiger partial charge in [-0.1, -0.05) is 18.2 Å². The molecule has 48 heavy (non-hydrogen) atoms. The summed E-state index contributed by atoms with van der Waals surface area (Å²) in [6.45, 7) is 1.21. The number of carboxylic acids is 1. The largest absolute Gasteiger partial charge is 0.481 e. The van der Waals surface area contributed by atoms with Crippen LogP contribution in [-0.2, 0) is 23.9 Å². The molecule has 2 saturated heterocycles. The van der Waals surface area contributed by atoms with Gasteiger partial charge in [0.15, 0.2) is 12.3 Å². The molecule has 2 fully saturated rings. The standard InChI is InChI=1S/C30H37F2N7O9/c1-2-47-30(46)37-13-11-36(12-14-37)29(45)21(16-26(41)42)34-27(43)20-15-25(39(35-20)19-7-4-3-5-8-19)48-18-24(40)38-10-6-9-22(38)28(44)33-17-23(31)32/h3-5,7-8,15,21-23H,2,6,9-14,16-18H2,1H3,(H,33,44)(H,34,43)(H,41,42)/t21-,22-/m0/s1. The Kier molecular flexibility index (Phi) is 12.2. The van der Waals surface area contributed by atoms with Crippen molar-refractivity contribution in [3.05, 3.63) is 42.1 Å². The predicted octanol–water partition coefficient (Wildman–Crippen LogP) is 0.497. The molecule has 0 unspecified atom stereocenters. The molecule has 0 bridgehead atoms. The van der Waals surface area contributed by atoms with Gasteiger partial charge in [0.1, 0.15) is 12.1 Å². The van der Waals surface area contributed by atoms with Crippen LogP contribution >= 0.6 is 0 Å². The first-order chi connectivity index (χ1) is 23.0. The average molecular weight is 678 g/mol. The summed E-state index contributed by atoms with van der Waals surface area (Å²) >= 11 is 0. The number of carbonyl (C=O) groups excluding carboxylic acids is 5. The number of nitrogens with zero attached hydrogens (tertiary/aromatic N) is 5. The maximum atomic E-state index is 13.4. The van der Waals surface area contributed by atoms with Crippen LogP contribution < -0.4 is 15.4 Å². The molecule has 0 spiro atoms. The fourth-order valence-electron chi connectivity index (χ4n) is 5.34. The van der Waals surface area contributed by atoms with E-state index < -0.39 is 73.8 Å². The van der Waals surface area contributed by atoms with E-state index in [1.165, 1.54) is 25.4 Å². The number of nitrogens with one attached hydrogen (secondary N) is 2. The SMILES string of the molecule is CCOC(=O)N1CCN(C(=O)[C@H](CC(=O)O)NC(=O)c2cc(OCC(=O)N3CCC[C@H]3C(=O)NCC(F)F)n(-c3ccccc3)n2)CC1. The Morgan fingerprint density at radius 3 is 2.35 bits per heavy atom. The highest BCUT2D eigenvalue weighted by molar-refractivity contribution is 5.97. The number of hydrogen-bond donors (Lipinski definition) is 3. The van der Waals surface area contributed by atoms with E-state index in [-0.39, 0.29) is 50.9 Å². The zero-order valence-electron chi connectivity index (χ0n) is 26.2. The highest BCUT2D eigenvalue weighted by atomic mass is 19.3. The average Bonchev–Trinajstić information content (AvgIpc) is 3.74. The van der Waals surface area contributed by atoms with E-state index in [1.807, 2.05) is 0 Å². The van der Waals surface area contributed by atoms with Gasteiger partial charge in [0.2, 0.25) is 17.7 Å². The Hall–Kier alpha value is -5.29. The first kappa shape index (κ1) is 35.6. The zero-order chi connectivity index (χ0) is 34.8. The topological polar surface area (TPSA) is 193 Å². The number of ether oxygens (including phenoxy) is 2. The van der Waals surface area contributed by atoms with Crippen molar-refractivity contribution in [2.24, 2.45) is 0 Å². The number of aliphatic carboxylic acids is 1. The van der Waals surface area contributed by atoms with Crippen LogP contribution in [0.2, 0.25) is 0 Å². The van der Waals surface area contributed by atoms with E-state index in [9.17, 15) is 42.7 Å². The Balaban J connectivity index is 1.47. The summed E-state index contributed by atoms with van der Waals surface area (Å²) in [5.74, 6) is -4.21. The van der Waals surface area contributed by atoms with Crippen LogP contribution in [0.1, 0.15) is 36.7 Å². The van der Waals surface area contributed by atoms with Crippen LogP contribution in [0.5, 0.6) is 5.88 Å². The summed E-state index contributed by atoms with van der Waals surface area (Å²) in [6.07, 6.45) is -3.20. The lowest BCUT2D eigenvalue weighted by Crippen LogP contribution is -2.56. The molecule has 3 N–H and O–H groups in total. The van der Waals surface area contributed by atoms with Crippen LogP contribution in [0.25, 0.3) is 5.69 Å². The van der Waals surface area contributed by atoms with Crippen molar-refractivity contribution in [3.63, 3.8) is 0 Å². The molecular weight excluding hydrogens is 640 g/mol. The maximum Gasteiger partial charge on any atom is 0.409 e.